The van der Waals surface area contributed by atoms with Gasteiger partial charge in [-0.25, -0.2) is 18.0 Å². The summed E-state index contributed by atoms with van der Waals surface area (Å²) in [4.78, 5) is 12.1. The van der Waals surface area contributed by atoms with Crippen molar-refractivity contribution in [2.75, 3.05) is 18.5 Å². The molecule has 0 unspecified atom stereocenters. The smallest absolute Gasteiger partial charge is 0.319 e. The van der Waals surface area contributed by atoms with Crippen molar-refractivity contribution in [3.8, 4) is 5.75 Å². The number of rotatable bonds is 6. The molecule has 8 heteroatoms. The number of ether oxygens (including phenoxy) is 2. The maximum absolute atomic E-state index is 13.6. The Balaban J connectivity index is 1.57. The number of amides is 2. The van der Waals surface area contributed by atoms with Gasteiger partial charge in [-0.2, -0.15) is 0 Å². The van der Waals surface area contributed by atoms with E-state index in [0.717, 1.165) is 19.4 Å². The Bertz CT molecular complexity index is 811. The average molecular weight is 380 g/mol. The second-order valence-corrected chi connectivity index (χ2v) is 6.11. The number of hydrogen-bond acceptors (Lipinski definition) is 3. The van der Waals surface area contributed by atoms with Gasteiger partial charge in [0.05, 0.1) is 11.8 Å². The molecule has 0 spiro atoms. The van der Waals surface area contributed by atoms with E-state index in [2.05, 4.69) is 10.6 Å². The molecule has 0 saturated carbocycles. The first kappa shape index (κ1) is 19.0. The third-order valence-electron chi connectivity index (χ3n) is 4.11. The topological polar surface area (TPSA) is 59.6 Å². The Morgan fingerprint density at radius 2 is 1.93 bits per heavy atom. The predicted octanol–water partition coefficient (Wildman–Crippen LogP) is 3.98. The van der Waals surface area contributed by atoms with Crippen LogP contribution in [0.3, 0.4) is 0 Å². The van der Waals surface area contributed by atoms with Crippen molar-refractivity contribution in [2.45, 2.75) is 25.5 Å². The van der Waals surface area contributed by atoms with Crippen LogP contribution in [0.4, 0.5) is 23.7 Å². The number of carbonyl (C=O) groups excluding carboxylic acids is 1. The van der Waals surface area contributed by atoms with Crippen molar-refractivity contribution in [1.29, 1.82) is 0 Å². The van der Waals surface area contributed by atoms with Gasteiger partial charge in [0.1, 0.15) is 18.2 Å². The van der Waals surface area contributed by atoms with Gasteiger partial charge in [0.15, 0.2) is 11.6 Å². The molecule has 3 rings (SSSR count). The highest BCUT2D eigenvalue weighted by molar-refractivity contribution is 5.90. The number of para-hydroxylation sites is 2. The number of urea groups is 1. The minimum Gasteiger partial charge on any atom is -0.489 e. The summed E-state index contributed by atoms with van der Waals surface area (Å²) in [5, 5.41) is 5.00. The molecular weight excluding hydrogens is 361 g/mol. The normalized spacial score (nSPS) is 16.2. The molecule has 1 fully saturated rings. The third kappa shape index (κ3) is 5.13. The number of carbonyl (C=O) groups is 1. The van der Waals surface area contributed by atoms with Gasteiger partial charge in [0, 0.05) is 24.8 Å². The Morgan fingerprint density at radius 1 is 1.15 bits per heavy atom. The first-order chi connectivity index (χ1) is 13.0. The minimum atomic E-state index is -1.28. The maximum atomic E-state index is 13.6. The molecule has 0 aromatic heterocycles. The SMILES string of the molecule is O=C(NCc1cc(F)c(F)cc1F)Nc1ccccc1OC[C@@H]1CCCO1. The van der Waals surface area contributed by atoms with Gasteiger partial charge >= 0.3 is 6.03 Å². The summed E-state index contributed by atoms with van der Waals surface area (Å²) in [6.07, 6.45) is 1.95. The monoisotopic (exact) mass is 380 g/mol. The molecule has 27 heavy (non-hydrogen) atoms. The Kier molecular flexibility index (Phi) is 6.18. The van der Waals surface area contributed by atoms with Crippen molar-refractivity contribution in [3.63, 3.8) is 0 Å². The van der Waals surface area contributed by atoms with Crippen LogP contribution in [-0.2, 0) is 11.3 Å². The zero-order valence-corrected chi connectivity index (χ0v) is 14.4. The van der Waals surface area contributed by atoms with E-state index in [9.17, 15) is 18.0 Å². The lowest BCUT2D eigenvalue weighted by Crippen LogP contribution is -2.29. The molecule has 0 aliphatic carbocycles. The summed E-state index contributed by atoms with van der Waals surface area (Å²) in [5.41, 5.74) is 0.269. The van der Waals surface area contributed by atoms with Gasteiger partial charge < -0.3 is 20.1 Å². The first-order valence-corrected chi connectivity index (χ1v) is 8.54. The van der Waals surface area contributed by atoms with Gasteiger partial charge in [0.25, 0.3) is 0 Å². The van der Waals surface area contributed by atoms with Crippen LogP contribution in [-0.4, -0.2) is 25.3 Å². The minimum absolute atomic E-state index is 0.0308. The molecule has 0 radical (unpaired) electrons. The van der Waals surface area contributed by atoms with Gasteiger partial charge in [-0.15, -0.1) is 0 Å². The quantitative estimate of drug-likeness (QED) is 0.746. The molecule has 144 valence electrons. The van der Waals surface area contributed by atoms with Crippen LogP contribution in [0, 0.1) is 17.5 Å². The first-order valence-electron chi connectivity index (χ1n) is 8.54. The molecule has 1 atom stereocenters. The van der Waals surface area contributed by atoms with Gasteiger partial charge in [-0.3, -0.25) is 0 Å². The maximum Gasteiger partial charge on any atom is 0.319 e. The van der Waals surface area contributed by atoms with Gasteiger partial charge in [-0.1, -0.05) is 12.1 Å². The van der Waals surface area contributed by atoms with Crippen molar-refractivity contribution >= 4 is 11.7 Å². The molecule has 5 nitrogen and oxygen atoms in total. The van der Waals surface area contributed by atoms with Crippen molar-refractivity contribution in [2.24, 2.45) is 0 Å². The van der Waals surface area contributed by atoms with Crippen molar-refractivity contribution < 1.29 is 27.4 Å². The van der Waals surface area contributed by atoms with Crippen LogP contribution in [0.25, 0.3) is 0 Å². The average Bonchev–Trinajstić information content (AvgIpc) is 3.16. The van der Waals surface area contributed by atoms with E-state index in [1.54, 1.807) is 24.3 Å². The van der Waals surface area contributed by atoms with E-state index < -0.39 is 23.5 Å². The van der Waals surface area contributed by atoms with Crippen LogP contribution in [0.5, 0.6) is 5.75 Å². The standard InChI is InChI=1S/C19H19F3N2O3/c20-14-9-16(22)15(21)8-12(14)10-23-19(25)24-17-5-1-2-6-18(17)27-11-13-4-3-7-26-13/h1-2,5-6,8-9,13H,3-4,7,10-11H2,(H2,23,24,25)/t13-/m0/s1. The Hall–Kier alpha value is -2.74. The van der Waals surface area contributed by atoms with Crippen molar-refractivity contribution in [1.82, 2.24) is 5.32 Å². The molecule has 2 amide bonds. The summed E-state index contributed by atoms with van der Waals surface area (Å²) in [6.45, 7) is 0.797. The highest BCUT2D eigenvalue weighted by atomic mass is 19.2. The van der Waals surface area contributed by atoms with E-state index >= 15 is 0 Å². The fourth-order valence-electron chi connectivity index (χ4n) is 2.70. The zero-order chi connectivity index (χ0) is 19.2. The summed E-state index contributed by atoms with van der Waals surface area (Å²) in [7, 11) is 0. The molecule has 1 heterocycles. The van der Waals surface area contributed by atoms with Crippen molar-refractivity contribution in [3.05, 3.63) is 59.4 Å². The van der Waals surface area contributed by atoms with Crippen LogP contribution in [0.1, 0.15) is 18.4 Å². The largest absolute Gasteiger partial charge is 0.489 e. The Labute approximate surface area is 154 Å². The second kappa shape index (κ2) is 8.77. The third-order valence-corrected chi connectivity index (χ3v) is 4.11. The molecule has 1 aliphatic heterocycles. The molecule has 1 saturated heterocycles. The van der Waals surface area contributed by atoms with Gasteiger partial charge in [0.2, 0.25) is 0 Å². The predicted molar refractivity (Wildman–Crippen MR) is 93.1 cm³/mol. The number of hydrogen-bond donors (Lipinski definition) is 2. The van der Waals surface area contributed by atoms with Crippen LogP contribution in [0.15, 0.2) is 36.4 Å². The number of nitrogens with one attached hydrogen (secondary N) is 2. The van der Waals surface area contributed by atoms with E-state index in [-0.39, 0.29) is 18.2 Å². The van der Waals surface area contributed by atoms with E-state index in [4.69, 9.17) is 9.47 Å². The summed E-state index contributed by atoms with van der Waals surface area (Å²) in [5.74, 6) is -2.92. The fraction of sp³-hybridized carbons (Fsp3) is 0.316. The van der Waals surface area contributed by atoms with E-state index in [1.807, 2.05) is 0 Å². The van der Waals surface area contributed by atoms with Crippen LogP contribution >= 0.6 is 0 Å². The molecule has 2 aromatic carbocycles. The molecule has 0 bridgehead atoms. The zero-order valence-electron chi connectivity index (χ0n) is 14.4. The highest BCUT2D eigenvalue weighted by Gasteiger charge is 2.17. The highest BCUT2D eigenvalue weighted by Crippen LogP contribution is 2.25. The fourth-order valence-corrected chi connectivity index (χ4v) is 2.70. The van der Waals surface area contributed by atoms with E-state index in [0.29, 0.717) is 30.2 Å². The lowest BCUT2D eigenvalue weighted by Gasteiger charge is -2.15. The van der Waals surface area contributed by atoms with Crippen LogP contribution in [0.2, 0.25) is 0 Å². The molecule has 1 aliphatic rings. The lowest BCUT2D eigenvalue weighted by molar-refractivity contribution is 0.0682. The summed E-state index contributed by atoms with van der Waals surface area (Å²) in [6, 6.07) is 7.38. The number of halogens is 3. The summed E-state index contributed by atoms with van der Waals surface area (Å²) >= 11 is 0. The number of anilines is 1. The molecule has 2 N–H and O–H groups in total. The molecule has 2 aromatic rings. The Morgan fingerprint density at radius 3 is 2.70 bits per heavy atom. The van der Waals surface area contributed by atoms with E-state index in [1.165, 1.54) is 0 Å². The lowest BCUT2D eigenvalue weighted by atomic mass is 10.2. The second-order valence-electron chi connectivity index (χ2n) is 6.11. The molecular formula is C19H19F3N2O3. The summed E-state index contributed by atoms with van der Waals surface area (Å²) < 4.78 is 51.0. The van der Waals surface area contributed by atoms with Crippen LogP contribution < -0.4 is 15.4 Å². The van der Waals surface area contributed by atoms with Gasteiger partial charge in [-0.05, 0) is 31.0 Å². The number of benzene rings is 2.